The number of hydrogen-bond acceptors (Lipinski definition) is 7. The average Bonchev–Trinajstić information content (AvgIpc) is 2.96. The fraction of sp³-hybridized carbons (Fsp3) is 0.375. The zero-order valence-electron chi connectivity index (χ0n) is 13.4. The number of fused-ring (bicyclic) bond motifs is 1. The number of nitrogen functional groups attached to an aromatic ring is 1. The van der Waals surface area contributed by atoms with E-state index in [0.29, 0.717) is 29.2 Å². The lowest BCUT2D eigenvalue weighted by molar-refractivity contribution is 0.0849. The van der Waals surface area contributed by atoms with Crippen LogP contribution in [0.2, 0.25) is 0 Å². The summed E-state index contributed by atoms with van der Waals surface area (Å²) in [5.74, 6) is -2.97. The van der Waals surface area contributed by atoms with Crippen molar-refractivity contribution in [3.8, 4) is 5.88 Å². The molecule has 130 valence electrons. The van der Waals surface area contributed by atoms with Crippen molar-refractivity contribution >= 4 is 16.9 Å². The topological polar surface area (TPSA) is 100.0 Å². The normalized spacial score (nSPS) is 18.4. The smallest absolute Gasteiger partial charge is 0.255 e. The molecule has 2 N–H and O–H groups in total. The predicted octanol–water partition coefficient (Wildman–Crippen LogP) is 2.53. The summed E-state index contributed by atoms with van der Waals surface area (Å²) >= 11 is 0. The lowest BCUT2D eigenvalue weighted by atomic mass is 10.0. The van der Waals surface area contributed by atoms with Gasteiger partial charge in [0, 0.05) is 36.4 Å². The number of rotatable bonds is 5. The first-order chi connectivity index (χ1) is 11.9. The van der Waals surface area contributed by atoms with Gasteiger partial charge in [-0.25, -0.2) is 23.4 Å². The van der Waals surface area contributed by atoms with Crippen LogP contribution in [-0.2, 0) is 6.42 Å². The molecular formula is C16H15F2N5O2. The number of halogens is 2. The second-order valence-corrected chi connectivity index (χ2v) is 6.18. The van der Waals surface area contributed by atoms with Gasteiger partial charge in [0.05, 0.1) is 18.2 Å². The fourth-order valence-corrected chi connectivity index (χ4v) is 2.66. The highest BCUT2D eigenvalue weighted by molar-refractivity contribution is 5.85. The second-order valence-electron chi connectivity index (χ2n) is 6.18. The minimum atomic E-state index is -2.59. The van der Waals surface area contributed by atoms with E-state index in [0.717, 1.165) is 16.8 Å². The van der Waals surface area contributed by atoms with Gasteiger partial charge in [-0.15, -0.1) is 0 Å². The number of anilines is 1. The number of nitrogens with zero attached hydrogens (tertiary/aromatic N) is 4. The van der Waals surface area contributed by atoms with Gasteiger partial charge in [0.2, 0.25) is 11.5 Å². The minimum absolute atomic E-state index is 0.0227. The van der Waals surface area contributed by atoms with Gasteiger partial charge in [0.1, 0.15) is 0 Å². The molecule has 3 heterocycles. The molecule has 1 saturated carbocycles. The number of alkyl halides is 2. The summed E-state index contributed by atoms with van der Waals surface area (Å²) in [7, 11) is 0. The summed E-state index contributed by atoms with van der Waals surface area (Å²) in [5, 5.41) is 7.45. The van der Waals surface area contributed by atoms with Crippen LogP contribution < -0.4 is 10.5 Å². The highest BCUT2D eigenvalue weighted by atomic mass is 19.3. The van der Waals surface area contributed by atoms with Crippen LogP contribution in [0.15, 0.2) is 23.0 Å². The Morgan fingerprint density at radius 1 is 1.36 bits per heavy atom. The molecule has 0 saturated heterocycles. The molecule has 0 aromatic carbocycles. The first-order valence-corrected chi connectivity index (χ1v) is 7.77. The molecule has 0 bridgehead atoms. The van der Waals surface area contributed by atoms with Crippen LogP contribution in [0, 0.1) is 12.8 Å². The van der Waals surface area contributed by atoms with Crippen LogP contribution in [0.25, 0.3) is 11.2 Å². The molecule has 1 fully saturated rings. The van der Waals surface area contributed by atoms with Gasteiger partial charge in [-0.2, -0.15) is 0 Å². The Bertz CT molecular complexity index is 926. The molecule has 1 aliphatic carbocycles. The molecule has 3 aromatic rings. The van der Waals surface area contributed by atoms with Crippen molar-refractivity contribution in [1.29, 1.82) is 0 Å². The van der Waals surface area contributed by atoms with E-state index in [-0.39, 0.29) is 13.0 Å². The van der Waals surface area contributed by atoms with Crippen molar-refractivity contribution in [3.63, 3.8) is 0 Å². The Morgan fingerprint density at radius 3 is 2.84 bits per heavy atom. The zero-order chi connectivity index (χ0) is 17.6. The van der Waals surface area contributed by atoms with Crippen LogP contribution in [-0.4, -0.2) is 32.8 Å². The Morgan fingerprint density at radius 2 is 2.16 bits per heavy atom. The monoisotopic (exact) mass is 347 g/mol. The number of ether oxygens (including phenoxy) is 1. The molecule has 0 radical (unpaired) electrons. The molecule has 0 amide bonds. The Balaban J connectivity index is 1.48. The molecule has 0 aliphatic heterocycles. The summed E-state index contributed by atoms with van der Waals surface area (Å²) in [6.45, 7) is 1.81. The van der Waals surface area contributed by atoms with Crippen LogP contribution in [0.1, 0.15) is 23.2 Å². The first-order valence-electron chi connectivity index (χ1n) is 7.77. The van der Waals surface area contributed by atoms with E-state index in [1.54, 1.807) is 12.3 Å². The Kier molecular flexibility index (Phi) is 3.52. The van der Waals surface area contributed by atoms with Crippen molar-refractivity contribution in [2.75, 3.05) is 12.3 Å². The van der Waals surface area contributed by atoms with E-state index in [9.17, 15) is 8.78 Å². The third kappa shape index (κ3) is 2.97. The van der Waals surface area contributed by atoms with Crippen molar-refractivity contribution in [2.24, 2.45) is 5.92 Å². The summed E-state index contributed by atoms with van der Waals surface area (Å²) < 4.78 is 35.6. The molecule has 0 spiro atoms. The second kappa shape index (κ2) is 5.61. The van der Waals surface area contributed by atoms with Crippen LogP contribution in [0.3, 0.4) is 0 Å². The SMILES string of the molecule is Cc1nc2nonc2c(N)c1Cc1ccc(OC[C@H]2CC2(F)F)nc1. The van der Waals surface area contributed by atoms with Crippen LogP contribution >= 0.6 is 0 Å². The van der Waals surface area contributed by atoms with E-state index in [4.69, 9.17) is 10.5 Å². The third-order valence-corrected chi connectivity index (χ3v) is 4.33. The molecule has 1 aliphatic rings. The maximum absolute atomic E-state index is 12.8. The van der Waals surface area contributed by atoms with Gasteiger partial charge in [-0.3, -0.25) is 0 Å². The predicted molar refractivity (Wildman–Crippen MR) is 84.3 cm³/mol. The van der Waals surface area contributed by atoms with Crippen LogP contribution in [0.4, 0.5) is 14.5 Å². The third-order valence-electron chi connectivity index (χ3n) is 4.33. The number of hydrogen-bond donors (Lipinski definition) is 1. The van der Waals surface area contributed by atoms with E-state index in [1.807, 2.05) is 13.0 Å². The molecule has 25 heavy (non-hydrogen) atoms. The first kappa shape index (κ1) is 15.7. The van der Waals surface area contributed by atoms with Gasteiger partial charge >= 0.3 is 0 Å². The number of aryl methyl sites for hydroxylation is 1. The van der Waals surface area contributed by atoms with E-state index >= 15 is 0 Å². The maximum atomic E-state index is 12.8. The van der Waals surface area contributed by atoms with Crippen LogP contribution in [0.5, 0.6) is 5.88 Å². The highest BCUT2D eigenvalue weighted by Gasteiger charge is 2.57. The van der Waals surface area contributed by atoms with E-state index < -0.39 is 11.8 Å². The lowest BCUT2D eigenvalue weighted by Gasteiger charge is -2.09. The summed E-state index contributed by atoms with van der Waals surface area (Å²) in [5.41, 5.74) is 9.85. The quantitative estimate of drug-likeness (QED) is 0.757. The van der Waals surface area contributed by atoms with Crippen molar-refractivity contribution < 1.29 is 18.1 Å². The summed E-state index contributed by atoms with van der Waals surface area (Å²) in [6, 6.07) is 3.47. The largest absolute Gasteiger partial charge is 0.477 e. The number of nitrogens with two attached hydrogens (primary N) is 1. The minimum Gasteiger partial charge on any atom is -0.477 e. The molecule has 7 nitrogen and oxygen atoms in total. The molecule has 4 rings (SSSR count). The molecule has 1 atom stereocenters. The van der Waals surface area contributed by atoms with Gasteiger partial charge in [-0.1, -0.05) is 6.07 Å². The van der Waals surface area contributed by atoms with Gasteiger partial charge in [-0.05, 0) is 22.8 Å². The van der Waals surface area contributed by atoms with E-state index in [2.05, 4.69) is 24.9 Å². The number of aromatic nitrogens is 4. The number of pyridine rings is 2. The van der Waals surface area contributed by atoms with Gasteiger partial charge in [0.15, 0.2) is 5.52 Å². The van der Waals surface area contributed by atoms with Gasteiger partial charge < -0.3 is 10.5 Å². The molecule has 3 aromatic heterocycles. The molecular weight excluding hydrogens is 332 g/mol. The lowest BCUT2D eigenvalue weighted by Crippen LogP contribution is -2.07. The van der Waals surface area contributed by atoms with Gasteiger partial charge in [0.25, 0.3) is 5.92 Å². The van der Waals surface area contributed by atoms with E-state index in [1.165, 1.54) is 0 Å². The summed E-state index contributed by atoms with van der Waals surface area (Å²) in [6.07, 6.45) is 2.02. The standard InChI is InChI=1S/C16H15F2N5O2/c1-8-11(13(19)14-15(21-8)23-25-22-14)4-9-2-3-12(20-6-9)24-7-10-5-16(10,17)18/h2-3,6,10H,4-5,7,19H2,1H3/t10-/m1/s1. The van der Waals surface area contributed by atoms with Crippen molar-refractivity contribution in [3.05, 3.63) is 35.2 Å². The molecule has 0 unspecified atom stereocenters. The highest BCUT2D eigenvalue weighted by Crippen LogP contribution is 2.48. The molecule has 9 heteroatoms. The zero-order valence-corrected chi connectivity index (χ0v) is 13.4. The summed E-state index contributed by atoms with van der Waals surface area (Å²) in [4.78, 5) is 8.48. The van der Waals surface area contributed by atoms with Crippen molar-refractivity contribution in [1.82, 2.24) is 20.3 Å². The Labute approximate surface area is 141 Å². The maximum Gasteiger partial charge on any atom is 0.255 e. The van der Waals surface area contributed by atoms with Crippen molar-refractivity contribution in [2.45, 2.75) is 25.7 Å². The average molecular weight is 347 g/mol. The Hall–Kier alpha value is -2.84. The fourth-order valence-electron chi connectivity index (χ4n) is 2.66.